The topological polar surface area (TPSA) is 86.8 Å². The highest BCUT2D eigenvalue weighted by atomic mass is 79.9. The van der Waals surface area contributed by atoms with Crippen LogP contribution >= 0.6 is 15.9 Å². The van der Waals surface area contributed by atoms with Crippen LogP contribution in [0.5, 0.6) is 0 Å². The molecule has 0 spiro atoms. The number of aryl methyl sites for hydroxylation is 1. The lowest BCUT2D eigenvalue weighted by atomic mass is 10.1. The molecule has 2 aromatic rings. The zero-order valence-corrected chi connectivity index (χ0v) is 24.4. The van der Waals surface area contributed by atoms with Crippen LogP contribution in [0.3, 0.4) is 0 Å². The minimum atomic E-state index is -3.51. The zero-order valence-electron chi connectivity index (χ0n) is 22.0. The molecule has 2 amide bonds. The molecular formula is C28H38BrN3O4S. The van der Waals surface area contributed by atoms with Crippen molar-refractivity contribution in [2.45, 2.75) is 77.4 Å². The Kier molecular flexibility index (Phi) is 10.6. The summed E-state index contributed by atoms with van der Waals surface area (Å²) in [7, 11) is -3.51. The van der Waals surface area contributed by atoms with Gasteiger partial charge in [0.1, 0.15) is 6.04 Å². The summed E-state index contributed by atoms with van der Waals surface area (Å²) in [5, 5.41) is 3.11. The van der Waals surface area contributed by atoms with E-state index in [1.165, 1.54) is 10.6 Å². The lowest BCUT2D eigenvalue weighted by Gasteiger charge is -2.30. The molecule has 3 rings (SSSR count). The van der Waals surface area contributed by atoms with Gasteiger partial charge in [0, 0.05) is 30.0 Å². The van der Waals surface area contributed by atoms with Crippen molar-refractivity contribution in [3.8, 4) is 0 Å². The third-order valence-electron chi connectivity index (χ3n) is 6.90. The summed E-state index contributed by atoms with van der Waals surface area (Å²) in [6.07, 6.45) is 6.68. The summed E-state index contributed by atoms with van der Waals surface area (Å²) in [5.41, 5.74) is 2.62. The molecule has 202 valence electrons. The predicted octanol–water partition coefficient (Wildman–Crippen LogP) is 5.03. The van der Waals surface area contributed by atoms with Crippen LogP contribution < -0.4 is 9.62 Å². The Morgan fingerprint density at radius 2 is 1.76 bits per heavy atom. The largest absolute Gasteiger partial charge is 0.352 e. The maximum Gasteiger partial charge on any atom is 0.242 e. The lowest BCUT2D eigenvalue weighted by Crippen LogP contribution is -2.49. The number of hydrogen-bond acceptors (Lipinski definition) is 4. The molecule has 0 saturated heterocycles. The quantitative estimate of drug-likeness (QED) is 0.375. The Balaban J connectivity index is 1.71. The number of nitrogens with one attached hydrogen (secondary N) is 1. The first kappa shape index (κ1) is 29.2. The van der Waals surface area contributed by atoms with Crippen molar-refractivity contribution in [1.29, 1.82) is 0 Å². The van der Waals surface area contributed by atoms with Crippen LogP contribution in [0.1, 0.15) is 63.5 Å². The van der Waals surface area contributed by atoms with Gasteiger partial charge in [0.25, 0.3) is 0 Å². The fourth-order valence-corrected chi connectivity index (χ4v) is 6.12. The van der Waals surface area contributed by atoms with Crippen LogP contribution in [0.15, 0.2) is 53.0 Å². The van der Waals surface area contributed by atoms with Crippen molar-refractivity contribution in [1.82, 2.24) is 10.2 Å². The van der Waals surface area contributed by atoms with Crippen molar-refractivity contribution in [3.05, 3.63) is 64.1 Å². The average molecular weight is 593 g/mol. The molecular weight excluding hydrogens is 554 g/mol. The Hall–Kier alpha value is -2.39. The van der Waals surface area contributed by atoms with Gasteiger partial charge in [0.2, 0.25) is 21.8 Å². The van der Waals surface area contributed by atoms with E-state index in [0.29, 0.717) is 18.7 Å². The second-order valence-electron chi connectivity index (χ2n) is 9.78. The van der Waals surface area contributed by atoms with Crippen molar-refractivity contribution < 1.29 is 18.0 Å². The summed E-state index contributed by atoms with van der Waals surface area (Å²) in [6.45, 7) is 4.29. The highest BCUT2D eigenvalue weighted by Gasteiger charge is 2.28. The van der Waals surface area contributed by atoms with E-state index >= 15 is 0 Å². The summed E-state index contributed by atoms with van der Waals surface area (Å²) >= 11 is 3.48. The number of benzene rings is 2. The Bertz CT molecular complexity index is 1160. The molecule has 0 aliphatic heterocycles. The van der Waals surface area contributed by atoms with Gasteiger partial charge in [-0.1, -0.05) is 60.0 Å². The SMILES string of the molecule is CCc1ccc(N(CCCC(=O)N(Cc2cccc(Br)c2)[C@H](C)C(=O)NC2CCCC2)S(C)(=O)=O)cc1. The van der Waals surface area contributed by atoms with E-state index < -0.39 is 16.1 Å². The molecule has 0 radical (unpaired) electrons. The molecule has 9 heteroatoms. The first-order valence-corrected chi connectivity index (χ1v) is 15.6. The fraction of sp³-hybridized carbons (Fsp3) is 0.500. The van der Waals surface area contributed by atoms with Gasteiger partial charge < -0.3 is 10.2 Å². The molecule has 0 aromatic heterocycles. The number of anilines is 1. The van der Waals surface area contributed by atoms with Crippen LogP contribution in [0.25, 0.3) is 0 Å². The summed E-state index contributed by atoms with van der Waals surface area (Å²) in [5.74, 6) is -0.326. The number of nitrogens with zero attached hydrogens (tertiary/aromatic N) is 2. The van der Waals surface area contributed by atoms with Crippen LogP contribution in [0.4, 0.5) is 5.69 Å². The molecule has 37 heavy (non-hydrogen) atoms. The zero-order chi connectivity index (χ0) is 27.0. The van der Waals surface area contributed by atoms with Crippen LogP contribution in [0.2, 0.25) is 0 Å². The highest BCUT2D eigenvalue weighted by molar-refractivity contribution is 9.10. The molecule has 0 heterocycles. The van der Waals surface area contributed by atoms with Gasteiger partial charge in [-0.05, 0) is 68.0 Å². The standard InChI is InChI=1S/C28H38BrN3O4S/c1-4-22-14-16-26(17-15-22)32(37(3,35)36)18-8-13-27(33)31(20-23-9-7-10-24(29)19-23)21(2)28(34)30-25-11-5-6-12-25/h7,9-10,14-17,19,21,25H,4-6,8,11-13,18,20H2,1-3H3,(H,30,34)/t21-/m1/s1. The summed E-state index contributed by atoms with van der Waals surface area (Å²) in [4.78, 5) is 28.1. The highest BCUT2D eigenvalue weighted by Crippen LogP contribution is 2.22. The monoisotopic (exact) mass is 591 g/mol. The van der Waals surface area contributed by atoms with E-state index in [-0.39, 0.29) is 30.8 Å². The molecule has 1 saturated carbocycles. The van der Waals surface area contributed by atoms with Gasteiger partial charge in [0.05, 0.1) is 11.9 Å². The van der Waals surface area contributed by atoms with Crippen molar-refractivity contribution in [3.63, 3.8) is 0 Å². The Morgan fingerprint density at radius 1 is 1.08 bits per heavy atom. The maximum atomic E-state index is 13.4. The van der Waals surface area contributed by atoms with Gasteiger partial charge in [-0.25, -0.2) is 8.42 Å². The minimum Gasteiger partial charge on any atom is -0.352 e. The molecule has 1 aliphatic rings. The molecule has 2 aromatic carbocycles. The number of rotatable bonds is 12. The second-order valence-corrected chi connectivity index (χ2v) is 12.6. The molecule has 1 N–H and O–H groups in total. The number of hydrogen-bond donors (Lipinski definition) is 1. The van der Waals surface area contributed by atoms with E-state index in [9.17, 15) is 18.0 Å². The van der Waals surface area contributed by atoms with Crippen LogP contribution in [-0.4, -0.2) is 50.0 Å². The molecule has 0 unspecified atom stereocenters. The average Bonchev–Trinajstić information content (AvgIpc) is 3.37. The summed E-state index contributed by atoms with van der Waals surface area (Å²) < 4.78 is 27.3. The van der Waals surface area contributed by atoms with Crippen LogP contribution in [0, 0.1) is 0 Å². The predicted molar refractivity (Wildman–Crippen MR) is 152 cm³/mol. The number of halogens is 1. The Labute approximate surface area is 229 Å². The number of carbonyl (C=O) groups excluding carboxylic acids is 2. The lowest BCUT2D eigenvalue weighted by molar-refractivity contribution is -0.141. The minimum absolute atomic E-state index is 0.133. The number of amides is 2. The van der Waals surface area contributed by atoms with E-state index in [1.54, 1.807) is 24.0 Å². The van der Waals surface area contributed by atoms with Crippen molar-refractivity contribution >= 4 is 43.5 Å². The molecule has 0 bridgehead atoms. The molecule has 1 fully saturated rings. The van der Waals surface area contributed by atoms with Gasteiger partial charge in [-0.3, -0.25) is 13.9 Å². The van der Waals surface area contributed by atoms with E-state index in [1.807, 2.05) is 43.3 Å². The van der Waals surface area contributed by atoms with Crippen molar-refractivity contribution in [2.75, 3.05) is 17.1 Å². The molecule has 7 nitrogen and oxygen atoms in total. The third-order valence-corrected chi connectivity index (χ3v) is 8.58. The van der Waals surface area contributed by atoms with E-state index in [0.717, 1.165) is 47.7 Å². The molecule has 1 aliphatic carbocycles. The first-order chi connectivity index (χ1) is 17.6. The van der Waals surface area contributed by atoms with Gasteiger partial charge >= 0.3 is 0 Å². The number of carbonyl (C=O) groups is 2. The van der Waals surface area contributed by atoms with Crippen molar-refractivity contribution in [2.24, 2.45) is 0 Å². The van der Waals surface area contributed by atoms with E-state index in [2.05, 4.69) is 21.2 Å². The van der Waals surface area contributed by atoms with Gasteiger partial charge in [-0.15, -0.1) is 0 Å². The molecule has 1 atom stereocenters. The Morgan fingerprint density at radius 3 is 2.35 bits per heavy atom. The van der Waals surface area contributed by atoms with Crippen LogP contribution in [-0.2, 0) is 32.6 Å². The van der Waals surface area contributed by atoms with E-state index in [4.69, 9.17) is 0 Å². The normalized spacial score (nSPS) is 14.8. The maximum absolute atomic E-state index is 13.4. The second kappa shape index (κ2) is 13.4. The smallest absolute Gasteiger partial charge is 0.242 e. The third kappa shape index (κ3) is 8.57. The van der Waals surface area contributed by atoms with Gasteiger partial charge in [0.15, 0.2) is 0 Å². The fourth-order valence-electron chi connectivity index (χ4n) is 4.71. The summed E-state index contributed by atoms with van der Waals surface area (Å²) in [6, 6.07) is 14.7. The number of sulfonamides is 1. The first-order valence-electron chi connectivity index (χ1n) is 13.0. The van der Waals surface area contributed by atoms with Gasteiger partial charge in [-0.2, -0.15) is 0 Å².